The lowest BCUT2D eigenvalue weighted by Gasteiger charge is -2.32. The Balaban J connectivity index is 1.41. The Hall–Kier alpha value is -1.79. The van der Waals surface area contributed by atoms with Gasteiger partial charge in [-0.05, 0) is 56.9 Å². The molecule has 2 saturated heterocycles. The molecule has 0 saturated carbocycles. The Bertz CT molecular complexity index is 676. The number of likely N-dealkylation sites (tertiary alicyclic amines) is 2. The van der Waals surface area contributed by atoms with Crippen LogP contribution in [0.15, 0.2) is 24.5 Å². The van der Waals surface area contributed by atoms with E-state index in [4.69, 9.17) is 0 Å². The van der Waals surface area contributed by atoms with Crippen molar-refractivity contribution in [3.63, 3.8) is 0 Å². The van der Waals surface area contributed by atoms with Crippen LogP contribution in [0.4, 0.5) is 0 Å². The highest BCUT2D eigenvalue weighted by atomic mass is 15.3. The van der Waals surface area contributed by atoms with E-state index in [2.05, 4.69) is 42.7 Å². The van der Waals surface area contributed by atoms with Crippen LogP contribution in [0.2, 0.25) is 0 Å². The number of nitrogens with zero attached hydrogens (tertiary/aromatic N) is 6. The smallest absolute Gasteiger partial charge is 0.146 e. The van der Waals surface area contributed by atoms with Crippen LogP contribution >= 0.6 is 0 Å². The summed E-state index contributed by atoms with van der Waals surface area (Å²) in [5, 5.41) is 9.08. The molecule has 0 N–H and O–H groups in total. The van der Waals surface area contributed by atoms with E-state index in [9.17, 15) is 0 Å². The summed E-state index contributed by atoms with van der Waals surface area (Å²) >= 11 is 0. The normalized spacial score (nSPS) is 22.5. The molecular weight excluding hydrogens is 312 g/mol. The first-order valence-electron chi connectivity index (χ1n) is 9.51. The van der Waals surface area contributed by atoms with E-state index in [0.29, 0.717) is 5.92 Å². The Morgan fingerprint density at radius 1 is 1.04 bits per heavy atom. The van der Waals surface area contributed by atoms with Crippen LogP contribution in [-0.2, 0) is 20.1 Å². The quantitative estimate of drug-likeness (QED) is 0.835. The predicted octanol–water partition coefficient (Wildman–Crippen LogP) is 2.19. The zero-order valence-electron chi connectivity index (χ0n) is 15.1. The van der Waals surface area contributed by atoms with Crippen molar-refractivity contribution < 1.29 is 0 Å². The average Bonchev–Trinajstić information content (AvgIpc) is 3.27. The Labute approximate surface area is 149 Å². The highest BCUT2D eigenvalue weighted by molar-refractivity contribution is 5.09. The standard InChI is InChI=1S/C19H28N6/c1-23-18(15-24-9-2-3-10-24)21-22-19(23)17-7-5-11-25(14-17)13-16-6-4-8-20-12-16/h4,6,8,12,17H,2-3,5,7,9-11,13-15H2,1H3/t17-/m1/s1. The van der Waals surface area contributed by atoms with Gasteiger partial charge in [0, 0.05) is 38.4 Å². The second-order valence-electron chi connectivity index (χ2n) is 7.45. The molecule has 2 aliphatic rings. The molecule has 0 bridgehead atoms. The summed E-state index contributed by atoms with van der Waals surface area (Å²) in [6, 6.07) is 4.18. The molecule has 0 unspecified atom stereocenters. The molecule has 134 valence electrons. The van der Waals surface area contributed by atoms with Gasteiger partial charge in [-0.1, -0.05) is 6.07 Å². The highest BCUT2D eigenvalue weighted by Gasteiger charge is 2.26. The first-order valence-corrected chi connectivity index (χ1v) is 9.51. The lowest BCUT2D eigenvalue weighted by Crippen LogP contribution is -2.35. The fourth-order valence-electron chi connectivity index (χ4n) is 4.17. The van der Waals surface area contributed by atoms with Gasteiger partial charge >= 0.3 is 0 Å². The zero-order chi connectivity index (χ0) is 17.1. The molecule has 2 aromatic heterocycles. The van der Waals surface area contributed by atoms with Crippen LogP contribution in [0.25, 0.3) is 0 Å². The van der Waals surface area contributed by atoms with E-state index < -0.39 is 0 Å². The fraction of sp³-hybridized carbons (Fsp3) is 0.632. The minimum Gasteiger partial charge on any atom is -0.317 e. The van der Waals surface area contributed by atoms with E-state index in [1.165, 1.54) is 44.3 Å². The summed E-state index contributed by atoms with van der Waals surface area (Å²) in [5.74, 6) is 2.75. The fourth-order valence-corrected chi connectivity index (χ4v) is 4.17. The van der Waals surface area contributed by atoms with Gasteiger partial charge in [0.15, 0.2) is 0 Å². The molecule has 2 aliphatic heterocycles. The maximum absolute atomic E-state index is 4.57. The second kappa shape index (κ2) is 7.62. The molecule has 25 heavy (non-hydrogen) atoms. The molecule has 2 fully saturated rings. The summed E-state index contributed by atoms with van der Waals surface area (Å²) in [7, 11) is 2.14. The van der Waals surface area contributed by atoms with Gasteiger partial charge in [-0.2, -0.15) is 0 Å². The predicted molar refractivity (Wildman–Crippen MR) is 97.0 cm³/mol. The van der Waals surface area contributed by atoms with Gasteiger partial charge in [0.1, 0.15) is 11.6 Å². The molecule has 6 nitrogen and oxygen atoms in total. The molecule has 2 aromatic rings. The van der Waals surface area contributed by atoms with E-state index in [-0.39, 0.29) is 0 Å². The van der Waals surface area contributed by atoms with Crippen molar-refractivity contribution in [3.8, 4) is 0 Å². The molecule has 1 atom stereocenters. The number of piperidine rings is 1. The van der Waals surface area contributed by atoms with Crippen LogP contribution in [0.1, 0.15) is 48.8 Å². The molecule has 0 radical (unpaired) electrons. The van der Waals surface area contributed by atoms with Crippen molar-refractivity contribution in [2.45, 2.75) is 44.7 Å². The topological polar surface area (TPSA) is 50.1 Å². The van der Waals surface area contributed by atoms with Crippen LogP contribution in [-0.4, -0.2) is 55.7 Å². The van der Waals surface area contributed by atoms with Crippen molar-refractivity contribution in [2.75, 3.05) is 26.2 Å². The molecule has 4 heterocycles. The third kappa shape index (κ3) is 3.90. The first kappa shape index (κ1) is 16.7. The first-order chi connectivity index (χ1) is 12.3. The van der Waals surface area contributed by atoms with E-state index in [1.807, 2.05) is 18.5 Å². The van der Waals surface area contributed by atoms with Crippen LogP contribution in [0.5, 0.6) is 0 Å². The van der Waals surface area contributed by atoms with Crippen LogP contribution in [0, 0.1) is 0 Å². The number of aromatic nitrogens is 4. The summed E-state index contributed by atoms with van der Waals surface area (Å²) in [4.78, 5) is 9.25. The van der Waals surface area contributed by atoms with Gasteiger partial charge < -0.3 is 4.57 Å². The second-order valence-corrected chi connectivity index (χ2v) is 7.45. The SMILES string of the molecule is Cn1c(CN2CCCC2)nnc1[C@@H]1CCCN(Cc2cccnc2)C1. The maximum Gasteiger partial charge on any atom is 0.146 e. The summed E-state index contributed by atoms with van der Waals surface area (Å²) < 4.78 is 2.25. The van der Waals surface area contributed by atoms with Crippen LogP contribution < -0.4 is 0 Å². The molecule has 0 aliphatic carbocycles. The minimum absolute atomic E-state index is 0.482. The Morgan fingerprint density at radius 3 is 2.68 bits per heavy atom. The summed E-state index contributed by atoms with van der Waals surface area (Å²) in [6.07, 6.45) is 8.87. The van der Waals surface area contributed by atoms with Gasteiger partial charge in [0.05, 0.1) is 6.54 Å². The molecule has 4 rings (SSSR count). The van der Waals surface area contributed by atoms with Crippen LogP contribution in [0.3, 0.4) is 0 Å². The molecule has 0 aromatic carbocycles. The average molecular weight is 340 g/mol. The van der Waals surface area contributed by atoms with Gasteiger partial charge in [0.25, 0.3) is 0 Å². The molecular formula is C19H28N6. The van der Waals surface area contributed by atoms with Gasteiger partial charge in [0.2, 0.25) is 0 Å². The third-order valence-electron chi connectivity index (χ3n) is 5.56. The third-order valence-corrected chi connectivity index (χ3v) is 5.56. The van der Waals surface area contributed by atoms with Crippen molar-refractivity contribution in [1.82, 2.24) is 29.5 Å². The molecule has 0 amide bonds. The van der Waals surface area contributed by atoms with Gasteiger partial charge in [-0.3, -0.25) is 14.8 Å². The monoisotopic (exact) mass is 340 g/mol. The lowest BCUT2D eigenvalue weighted by molar-refractivity contribution is 0.194. The largest absolute Gasteiger partial charge is 0.317 e. The molecule has 0 spiro atoms. The van der Waals surface area contributed by atoms with Crippen molar-refractivity contribution >= 4 is 0 Å². The number of hydrogen-bond donors (Lipinski definition) is 0. The highest BCUT2D eigenvalue weighted by Crippen LogP contribution is 2.27. The zero-order valence-corrected chi connectivity index (χ0v) is 15.1. The Kier molecular flexibility index (Phi) is 5.08. The van der Waals surface area contributed by atoms with E-state index >= 15 is 0 Å². The number of rotatable bonds is 5. The minimum atomic E-state index is 0.482. The van der Waals surface area contributed by atoms with Gasteiger partial charge in [-0.25, -0.2) is 0 Å². The Morgan fingerprint density at radius 2 is 1.88 bits per heavy atom. The van der Waals surface area contributed by atoms with E-state index in [0.717, 1.165) is 37.8 Å². The lowest BCUT2D eigenvalue weighted by atomic mass is 9.97. The number of hydrogen-bond acceptors (Lipinski definition) is 5. The van der Waals surface area contributed by atoms with Crippen molar-refractivity contribution in [1.29, 1.82) is 0 Å². The summed E-state index contributed by atoms with van der Waals surface area (Å²) in [6.45, 7) is 6.53. The van der Waals surface area contributed by atoms with Crippen molar-refractivity contribution in [2.24, 2.45) is 7.05 Å². The molecule has 6 heteroatoms. The van der Waals surface area contributed by atoms with E-state index in [1.54, 1.807) is 0 Å². The van der Waals surface area contributed by atoms with Crippen molar-refractivity contribution in [3.05, 3.63) is 41.7 Å². The van der Waals surface area contributed by atoms with Gasteiger partial charge in [-0.15, -0.1) is 10.2 Å². The summed E-state index contributed by atoms with van der Waals surface area (Å²) in [5.41, 5.74) is 1.29. The maximum atomic E-state index is 4.57. The number of pyridine rings is 1.